The average molecular weight is 326 g/mol. The molecule has 1 N–H and O–H groups in total. The largest absolute Gasteiger partial charge is 0.395 e. The Labute approximate surface area is 135 Å². The molecule has 0 radical (unpaired) electrons. The summed E-state index contributed by atoms with van der Waals surface area (Å²) in [6.07, 6.45) is 0.848. The molecule has 1 aromatic carbocycles. The second-order valence-electron chi connectivity index (χ2n) is 5.96. The zero-order valence-corrected chi connectivity index (χ0v) is 13.6. The van der Waals surface area contributed by atoms with Crippen molar-refractivity contribution < 1.29 is 18.7 Å². The molecule has 2 atom stereocenters. The molecule has 1 aliphatic rings. The van der Waals surface area contributed by atoms with Gasteiger partial charge in [0.25, 0.3) is 0 Å². The van der Waals surface area contributed by atoms with Crippen molar-refractivity contribution in [3.05, 3.63) is 35.4 Å². The minimum Gasteiger partial charge on any atom is -0.395 e. The van der Waals surface area contributed by atoms with Crippen molar-refractivity contribution in [1.82, 2.24) is 9.80 Å². The SMILES string of the molecule is CCC(CO)N1CCN(C(=O)C(C)c2c(F)cccc2F)CC1. The smallest absolute Gasteiger partial charge is 0.230 e. The summed E-state index contributed by atoms with van der Waals surface area (Å²) in [5.74, 6) is -2.47. The van der Waals surface area contributed by atoms with Crippen molar-refractivity contribution in [3.8, 4) is 0 Å². The monoisotopic (exact) mass is 326 g/mol. The van der Waals surface area contributed by atoms with Gasteiger partial charge in [0.15, 0.2) is 0 Å². The van der Waals surface area contributed by atoms with Crippen molar-refractivity contribution in [2.45, 2.75) is 32.2 Å². The third-order valence-electron chi connectivity index (χ3n) is 4.63. The summed E-state index contributed by atoms with van der Waals surface area (Å²) in [7, 11) is 0. The molecule has 2 rings (SSSR count). The first-order chi connectivity index (χ1) is 11.0. The van der Waals surface area contributed by atoms with Crippen LogP contribution in [0.15, 0.2) is 18.2 Å². The third kappa shape index (κ3) is 3.87. The number of carbonyl (C=O) groups excluding carboxylic acids is 1. The van der Waals surface area contributed by atoms with Gasteiger partial charge in [0, 0.05) is 37.8 Å². The Kier molecular flexibility index (Phi) is 6.07. The van der Waals surface area contributed by atoms with Gasteiger partial charge in [-0.1, -0.05) is 13.0 Å². The van der Waals surface area contributed by atoms with Crippen LogP contribution in [-0.4, -0.2) is 59.6 Å². The maximum absolute atomic E-state index is 13.8. The van der Waals surface area contributed by atoms with Crippen LogP contribution < -0.4 is 0 Å². The number of rotatable bonds is 5. The molecular weight excluding hydrogens is 302 g/mol. The highest BCUT2D eigenvalue weighted by Crippen LogP contribution is 2.25. The van der Waals surface area contributed by atoms with Gasteiger partial charge in [-0.2, -0.15) is 0 Å². The third-order valence-corrected chi connectivity index (χ3v) is 4.63. The number of carbonyl (C=O) groups is 1. The quantitative estimate of drug-likeness (QED) is 0.900. The van der Waals surface area contributed by atoms with E-state index in [9.17, 15) is 18.7 Å². The Hall–Kier alpha value is -1.53. The molecule has 128 valence electrons. The molecular formula is C17H24F2N2O2. The van der Waals surface area contributed by atoms with Crippen molar-refractivity contribution >= 4 is 5.91 Å². The number of aliphatic hydroxyl groups is 1. The predicted molar refractivity (Wildman–Crippen MR) is 84.1 cm³/mol. The molecule has 1 aromatic rings. The number of piperazine rings is 1. The zero-order chi connectivity index (χ0) is 17.0. The van der Waals surface area contributed by atoms with Gasteiger partial charge in [-0.3, -0.25) is 9.69 Å². The van der Waals surface area contributed by atoms with E-state index in [0.717, 1.165) is 6.42 Å². The number of nitrogens with zero attached hydrogens (tertiary/aromatic N) is 2. The van der Waals surface area contributed by atoms with E-state index in [1.807, 2.05) is 6.92 Å². The molecule has 6 heteroatoms. The fraction of sp³-hybridized carbons (Fsp3) is 0.588. The van der Waals surface area contributed by atoms with Crippen molar-refractivity contribution in [3.63, 3.8) is 0 Å². The van der Waals surface area contributed by atoms with E-state index in [1.54, 1.807) is 11.8 Å². The fourth-order valence-corrected chi connectivity index (χ4v) is 3.13. The first-order valence-electron chi connectivity index (χ1n) is 8.07. The van der Waals surface area contributed by atoms with Gasteiger partial charge in [0.05, 0.1) is 12.5 Å². The van der Waals surface area contributed by atoms with Crippen LogP contribution >= 0.6 is 0 Å². The lowest BCUT2D eigenvalue weighted by Gasteiger charge is -2.39. The molecule has 23 heavy (non-hydrogen) atoms. The van der Waals surface area contributed by atoms with Gasteiger partial charge in [0.2, 0.25) is 5.91 Å². The summed E-state index contributed by atoms with van der Waals surface area (Å²) in [4.78, 5) is 16.3. The van der Waals surface area contributed by atoms with Crippen molar-refractivity contribution in [1.29, 1.82) is 0 Å². The molecule has 4 nitrogen and oxygen atoms in total. The van der Waals surface area contributed by atoms with E-state index in [4.69, 9.17) is 0 Å². The first-order valence-corrected chi connectivity index (χ1v) is 8.07. The number of halogens is 2. The molecule has 1 amide bonds. The summed E-state index contributed by atoms with van der Waals surface area (Å²) in [6, 6.07) is 3.75. The maximum Gasteiger partial charge on any atom is 0.230 e. The van der Waals surface area contributed by atoms with Gasteiger partial charge in [-0.25, -0.2) is 8.78 Å². The van der Waals surface area contributed by atoms with Crippen LogP contribution in [0.25, 0.3) is 0 Å². The summed E-state index contributed by atoms with van der Waals surface area (Å²) < 4.78 is 27.7. The van der Waals surface area contributed by atoms with Crippen LogP contribution in [0, 0.1) is 11.6 Å². The average Bonchev–Trinajstić information content (AvgIpc) is 2.55. The van der Waals surface area contributed by atoms with Gasteiger partial charge in [-0.15, -0.1) is 0 Å². The van der Waals surface area contributed by atoms with Crippen molar-refractivity contribution in [2.24, 2.45) is 0 Å². The lowest BCUT2D eigenvalue weighted by molar-refractivity contribution is -0.134. The van der Waals surface area contributed by atoms with E-state index < -0.39 is 17.6 Å². The zero-order valence-electron chi connectivity index (χ0n) is 13.6. The van der Waals surface area contributed by atoms with E-state index in [1.165, 1.54) is 18.2 Å². The summed E-state index contributed by atoms with van der Waals surface area (Å²) in [5, 5.41) is 9.35. The predicted octanol–water partition coefficient (Wildman–Crippen LogP) is 1.98. The summed E-state index contributed by atoms with van der Waals surface area (Å²) in [5.41, 5.74) is -0.165. The van der Waals surface area contributed by atoms with Crippen LogP contribution in [0.2, 0.25) is 0 Å². The highest BCUT2D eigenvalue weighted by Gasteiger charge is 2.30. The highest BCUT2D eigenvalue weighted by atomic mass is 19.1. The maximum atomic E-state index is 13.8. The molecule has 0 spiro atoms. The second-order valence-corrected chi connectivity index (χ2v) is 5.96. The molecule has 0 aliphatic carbocycles. The molecule has 1 saturated heterocycles. The van der Waals surface area contributed by atoms with Gasteiger partial charge in [0.1, 0.15) is 11.6 Å². The van der Waals surface area contributed by atoms with Crippen LogP contribution in [0.1, 0.15) is 31.7 Å². The fourth-order valence-electron chi connectivity index (χ4n) is 3.13. The molecule has 1 fully saturated rings. The molecule has 1 aliphatic heterocycles. The Morgan fingerprint density at radius 2 is 1.78 bits per heavy atom. The van der Waals surface area contributed by atoms with Crippen LogP contribution in [0.3, 0.4) is 0 Å². The van der Waals surface area contributed by atoms with E-state index >= 15 is 0 Å². The Morgan fingerprint density at radius 1 is 1.22 bits per heavy atom. The lowest BCUT2D eigenvalue weighted by atomic mass is 9.98. The number of amides is 1. The minimum absolute atomic E-state index is 0.0985. The minimum atomic E-state index is -0.845. The normalized spacial score (nSPS) is 18.7. The first kappa shape index (κ1) is 17.8. The van der Waals surface area contributed by atoms with E-state index in [2.05, 4.69) is 4.90 Å². The van der Waals surface area contributed by atoms with Gasteiger partial charge >= 0.3 is 0 Å². The lowest BCUT2D eigenvalue weighted by Crippen LogP contribution is -2.53. The topological polar surface area (TPSA) is 43.8 Å². The van der Waals surface area contributed by atoms with E-state index in [0.29, 0.717) is 26.2 Å². The Bertz CT molecular complexity index is 521. The molecule has 0 saturated carbocycles. The number of hydrogen-bond donors (Lipinski definition) is 1. The van der Waals surface area contributed by atoms with Gasteiger partial charge in [-0.05, 0) is 25.5 Å². The molecule has 0 aromatic heterocycles. The highest BCUT2D eigenvalue weighted by molar-refractivity contribution is 5.83. The number of hydrogen-bond acceptors (Lipinski definition) is 3. The Morgan fingerprint density at radius 3 is 2.26 bits per heavy atom. The number of benzene rings is 1. The molecule has 0 bridgehead atoms. The summed E-state index contributed by atoms with van der Waals surface area (Å²) >= 11 is 0. The van der Waals surface area contributed by atoms with Crippen LogP contribution in [0.4, 0.5) is 8.78 Å². The van der Waals surface area contributed by atoms with Crippen LogP contribution in [-0.2, 0) is 4.79 Å². The molecule has 1 heterocycles. The van der Waals surface area contributed by atoms with Gasteiger partial charge < -0.3 is 10.0 Å². The second kappa shape index (κ2) is 7.84. The van der Waals surface area contributed by atoms with E-state index in [-0.39, 0.29) is 24.1 Å². The van der Waals surface area contributed by atoms with Crippen molar-refractivity contribution in [2.75, 3.05) is 32.8 Å². The molecule has 2 unspecified atom stereocenters. The number of aliphatic hydroxyl groups excluding tert-OH is 1. The Balaban J connectivity index is 2.02. The standard InChI is InChI=1S/C17H24F2N2O2/c1-3-13(11-22)20-7-9-21(10-8-20)17(23)12(2)16-14(18)5-4-6-15(16)19/h4-6,12-13,22H,3,7-11H2,1-2H3. The summed E-state index contributed by atoms with van der Waals surface area (Å²) in [6.45, 7) is 6.00. The van der Waals surface area contributed by atoms with Crippen LogP contribution in [0.5, 0.6) is 0 Å².